The lowest BCUT2D eigenvalue weighted by molar-refractivity contribution is -0.384. The van der Waals surface area contributed by atoms with Crippen LogP contribution in [-0.4, -0.2) is 30.2 Å². The van der Waals surface area contributed by atoms with Gasteiger partial charge in [0.05, 0.1) is 36.4 Å². The molecule has 1 heterocycles. The van der Waals surface area contributed by atoms with E-state index in [2.05, 4.69) is 54.8 Å². The number of carbonyl (C=O) groups excluding carboxylic acids is 1. The number of nitro benzene ring substituents is 1. The molecule has 14 heteroatoms. The molecule has 6 rings (SSSR count). The summed E-state index contributed by atoms with van der Waals surface area (Å²) < 4.78 is 36.4. The third-order valence-electron chi connectivity index (χ3n) is 8.46. The molecule has 1 aliphatic rings. The van der Waals surface area contributed by atoms with Crippen molar-refractivity contribution in [1.82, 2.24) is 9.62 Å². The summed E-state index contributed by atoms with van der Waals surface area (Å²) in [5.41, 5.74) is 5.52. The van der Waals surface area contributed by atoms with Crippen molar-refractivity contribution in [3.05, 3.63) is 155 Å². The molecule has 5 aromatic carbocycles. The number of ether oxygens (including phenoxy) is 1. The fourth-order valence-corrected chi connectivity index (χ4v) is 8.59. The molecule has 51 heavy (non-hydrogen) atoms. The largest absolute Gasteiger partial charge is 0.487 e. The maximum absolute atomic E-state index is 13.8. The summed E-state index contributed by atoms with van der Waals surface area (Å²) in [6.07, 6.45) is 0.145. The Labute approximate surface area is 316 Å². The van der Waals surface area contributed by atoms with Gasteiger partial charge in [-0.15, -0.1) is 0 Å². The van der Waals surface area contributed by atoms with Crippen molar-refractivity contribution in [3.63, 3.8) is 0 Å². The predicted molar refractivity (Wildman–Crippen MR) is 199 cm³/mol. The van der Waals surface area contributed by atoms with Crippen LogP contribution in [0.3, 0.4) is 0 Å². The first-order valence-electron chi connectivity index (χ1n) is 15.4. The van der Waals surface area contributed by atoms with E-state index >= 15 is 0 Å². The van der Waals surface area contributed by atoms with Crippen molar-refractivity contribution in [1.29, 1.82) is 5.26 Å². The van der Waals surface area contributed by atoms with E-state index in [-0.39, 0.29) is 24.5 Å². The lowest BCUT2D eigenvalue weighted by Crippen LogP contribution is -2.51. The predicted octanol–water partition coefficient (Wildman–Crippen LogP) is 8.32. The normalized spacial score (nSPS) is 14.3. The highest BCUT2D eigenvalue weighted by Crippen LogP contribution is 2.42. The lowest BCUT2D eigenvalue weighted by Gasteiger charge is -2.37. The van der Waals surface area contributed by atoms with Gasteiger partial charge in [0.25, 0.3) is 21.6 Å². The van der Waals surface area contributed by atoms with E-state index < -0.39 is 37.5 Å². The van der Waals surface area contributed by atoms with Crippen LogP contribution < -0.4 is 9.46 Å². The number of nitrogens with one attached hydrogen (secondary N) is 1. The summed E-state index contributed by atoms with van der Waals surface area (Å²) in [6, 6.07) is 31.1. The number of fused-ring (bicyclic) bond motifs is 1. The molecule has 258 valence electrons. The van der Waals surface area contributed by atoms with Crippen LogP contribution in [0.2, 0.25) is 5.02 Å². The van der Waals surface area contributed by atoms with Gasteiger partial charge in [0, 0.05) is 19.2 Å². The van der Waals surface area contributed by atoms with Crippen molar-refractivity contribution in [2.75, 3.05) is 0 Å². The molecule has 1 N–H and O–H groups in total. The first-order valence-corrected chi connectivity index (χ1v) is 18.9. The number of hydrogen-bond donors (Lipinski definition) is 1. The molecule has 0 aliphatic carbocycles. The summed E-state index contributed by atoms with van der Waals surface area (Å²) in [6.45, 7) is 0.795. The third-order valence-corrected chi connectivity index (χ3v) is 11.6. The van der Waals surface area contributed by atoms with Crippen LogP contribution in [0.1, 0.15) is 27.8 Å². The van der Waals surface area contributed by atoms with Crippen LogP contribution in [0.4, 0.5) is 5.69 Å². The van der Waals surface area contributed by atoms with E-state index in [0.717, 1.165) is 51.6 Å². The molecule has 5 aromatic rings. The highest BCUT2D eigenvalue weighted by atomic mass is 79.9. The van der Waals surface area contributed by atoms with Crippen molar-refractivity contribution in [3.8, 4) is 22.9 Å². The number of sulfonamides is 1. The van der Waals surface area contributed by atoms with Crippen molar-refractivity contribution in [2.24, 2.45) is 0 Å². The zero-order chi connectivity index (χ0) is 36.3. The van der Waals surface area contributed by atoms with E-state index in [4.69, 9.17) is 16.3 Å². The number of halogens is 3. The average Bonchev–Trinajstić information content (AvgIpc) is 3.12. The summed E-state index contributed by atoms with van der Waals surface area (Å²) in [5, 5.41) is 20.4. The van der Waals surface area contributed by atoms with E-state index in [1.807, 2.05) is 53.4 Å². The second-order valence-electron chi connectivity index (χ2n) is 11.8. The van der Waals surface area contributed by atoms with Gasteiger partial charge in [-0.2, -0.15) is 5.26 Å². The number of nitriles is 1. The number of rotatable bonds is 10. The molecule has 1 aliphatic heterocycles. The van der Waals surface area contributed by atoms with Crippen molar-refractivity contribution >= 4 is 65.1 Å². The fraction of sp³-hybridized carbons (Fsp3) is 0.135. The molecule has 0 fully saturated rings. The topological polar surface area (TPSA) is 143 Å². The van der Waals surface area contributed by atoms with Gasteiger partial charge in [0.1, 0.15) is 17.4 Å². The Morgan fingerprint density at radius 2 is 1.65 bits per heavy atom. The van der Waals surface area contributed by atoms with Gasteiger partial charge in [-0.25, -0.2) is 13.1 Å². The third kappa shape index (κ3) is 8.16. The number of nitrogens with zero attached hydrogens (tertiary/aromatic N) is 3. The smallest absolute Gasteiger partial charge is 0.289 e. The van der Waals surface area contributed by atoms with E-state index in [0.29, 0.717) is 26.9 Å². The average molecular weight is 851 g/mol. The Hall–Kier alpha value is -4.58. The number of nitro groups is 1. The Balaban J connectivity index is 1.27. The Morgan fingerprint density at radius 1 is 0.980 bits per heavy atom. The monoisotopic (exact) mass is 848 g/mol. The van der Waals surface area contributed by atoms with Gasteiger partial charge < -0.3 is 4.74 Å². The zero-order valence-corrected chi connectivity index (χ0v) is 31.3. The van der Waals surface area contributed by atoms with Gasteiger partial charge in [0.15, 0.2) is 0 Å². The van der Waals surface area contributed by atoms with Gasteiger partial charge in [-0.3, -0.25) is 19.8 Å². The summed E-state index contributed by atoms with van der Waals surface area (Å²) >= 11 is 13.3. The first kappa shape index (κ1) is 36.2. The minimum absolute atomic E-state index is 0.145. The molecule has 0 bridgehead atoms. The van der Waals surface area contributed by atoms with Crippen LogP contribution in [0, 0.1) is 21.4 Å². The Kier molecular flexibility index (Phi) is 10.9. The molecule has 0 unspecified atom stereocenters. The number of hydrogen-bond acceptors (Lipinski definition) is 8. The molecule has 1 atom stereocenters. The molecule has 0 saturated carbocycles. The van der Waals surface area contributed by atoms with Gasteiger partial charge in [-0.1, -0.05) is 78.3 Å². The summed E-state index contributed by atoms with van der Waals surface area (Å²) in [7, 11) is -4.50. The molecular formula is C37H27Br2ClN4O6S. The molecule has 0 radical (unpaired) electrons. The summed E-state index contributed by atoms with van der Waals surface area (Å²) in [5.74, 6) is -0.229. The number of carbonyl (C=O) groups is 1. The fourth-order valence-electron chi connectivity index (χ4n) is 5.81. The van der Waals surface area contributed by atoms with Crippen LogP contribution in [0.5, 0.6) is 5.75 Å². The second kappa shape index (κ2) is 15.3. The molecule has 0 saturated heterocycles. The maximum Gasteiger partial charge on any atom is 0.289 e. The minimum Gasteiger partial charge on any atom is -0.487 e. The SMILES string of the molecule is N#Cc1ccc(CN2Cc3c(cc(Br)c(OCc4ccc(-c5ccccc5)cc4)c3Br)C[C@H]2C(=O)NS(=O)(=O)c2ccc(Cl)c([N+](=O)[O-])c2)cc1. The summed E-state index contributed by atoms with van der Waals surface area (Å²) in [4.78, 5) is 25.8. The lowest BCUT2D eigenvalue weighted by atomic mass is 9.92. The highest BCUT2D eigenvalue weighted by Gasteiger charge is 2.36. The minimum atomic E-state index is -4.50. The van der Waals surface area contributed by atoms with Gasteiger partial charge >= 0.3 is 0 Å². The van der Waals surface area contributed by atoms with Crippen LogP contribution in [0.25, 0.3) is 11.1 Å². The van der Waals surface area contributed by atoms with Crippen LogP contribution in [0.15, 0.2) is 117 Å². The van der Waals surface area contributed by atoms with Gasteiger partial charge in [0.2, 0.25) is 0 Å². The Morgan fingerprint density at radius 3 is 2.31 bits per heavy atom. The van der Waals surface area contributed by atoms with Crippen molar-refractivity contribution in [2.45, 2.75) is 37.1 Å². The highest BCUT2D eigenvalue weighted by molar-refractivity contribution is 9.11. The maximum atomic E-state index is 13.8. The van der Waals surface area contributed by atoms with Crippen molar-refractivity contribution < 1.29 is 22.9 Å². The molecular weight excluding hydrogens is 824 g/mol. The zero-order valence-electron chi connectivity index (χ0n) is 26.6. The standard InChI is InChI=1S/C37H27Br2ClN4O6S/c38-31-16-28-17-34(37(45)42-51(48,49)29-14-15-32(40)33(18-29)44(46)47)43(20-24-8-6-23(19-41)7-9-24)21-30(28)35(39)36(31)50-22-25-10-12-27(13-11-25)26-4-2-1-3-5-26/h1-16,18,34H,17,20-22H2,(H,42,45)/t34-/m0/s1. The van der Waals surface area contributed by atoms with Crippen LogP contribution in [-0.2, 0) is 40.9 Å². The van der Waals surface area contributed by atoms with E-state index in [1.165, 1.54) is 0 Å². The van der Waals surface area contributed by atoms with E-state index in [1.54, 1.807) is 24.3 Å². The van der Waals surface area contributed by atoms with Gasteiger partial charge in [-0.05, 0) is 102 Å². The molecule has 0 spiro atoms. The molecule has 10 nitrogen and oxygen atoms in total. The number of amides is 1. The second-order valence-corrected chi connectivity index (χ2v) is 15.5. The molecule has 0 aromatic heterocycles. The Bertz CT molecular complexity index is 2280. The first-order chi connectivity index (χ1) is 24.4. The van der Waals surface area contributed by atoms with Crippen LogP contribution >= 0.6 is 43.5 Å². The number of benzene rings is 5. The molecule has 1 amide bonds. The van der Waals surface area contributed by atoms with E-state index in [9.17, 15) is 28.6 Å². The quantitative estimate of drug-likeness (QED) is 0.109.